The van der Waals surface area contributed by atoms with E-state index in [1.165, 1.54) is 27.8 Å². The van der Waals surface area contributed by atoms with E-state index in [0.717, 1.165) is 13.0 Å². The monoisotopic (exact) mass is 215 g/mol. The van der Waals surface area contributed by atoms with Crippen molar-refractivity contribution in [2.45, 2.75) is 34.1 Å². The van der Waals surface area contributed by atoms with Crippen molar-refractivity contribution in [1.82, 2.24) is 5.32 Å². The van der Waals surface area contributed by atoms with Gasteiger partial charge in [-0.25, -0.2) is 0 Å². The zero-order valence-electron chi connectivity index (χ0n) is 11.0. The Morgan fingerprint density at radius 1 is 1.06 bits per heavy atom. The molecule has 0 amide bonds. The number of hydrogen-bond donors (Lipinski definition) is 1. The van der Waals surface area contributed by atoms with Crippen LogP contribution in [0.4, 0.5) is 0 Å². The minimum atomic E-state index is 0.905. The van der Waals surface area contributed by atoms with Crippen molar-refractivity contribution in [3.05, 3.63) is 33.9 Å². The Morgan fingerprint density at radius 2 is 1.62 bits per heavy atom. The molecule has 0 unspecified atom stereocenters. The quantitative estimate of drug-likeness (QED) is 0.591. The Bertz CT molecular complexity index is 407. The molecule has 0 radical (unpaired) electrons. The molecule has 1 rings (SSSR count). The molecule has 1 N–H and O–H groups in total. The maximum absolute atomic E-state index is 3.31. The molecule has 0 bridgehead atoms. The van der Waals surface area contributed by atoms with Gasteiger partial charge in [0.05, 0.1) is 0 Å². The average Bonchev–Trinajstić information content (AvgIpc) is 2.25. The van der Waals surface area contributed by atoms with Crippen molar-refractivity contribution in [3.8, 4) is 11.8 Å². The van der Waals surface area contributed by atoms with E-state index in [2.05, 4.69) is 50.9 Å². The molecule has 1 nitrogen and oxygen atoms in total. The predicted molar refractivity (Wildman–Crippen MR) is 70.8 cm³/mol. The lowest BCUT2D eigenvalue weighted by Crippen LogP contribution is -2.06. The molecule has 0 saturated carbocycles. The maximum atomic E-state index is 3.31. The van der Waals surface area contributed by atoms with Gasteiger partial charge in [0, 0.05) is 18.5 Å². The number of nitrogens with one attached hydrogen (secondary N) is 1. The van der Waals surface area contributed by atoms with Gasteiger partial charge in [0.15, 0.2) is 0 Å². The fraction of sp³-hybridized carbons (Fsp3) is 0.467. The highest BCUT2D eigenvalue weighted by atomic mass is 14.8. The molecule has 0 atom stereocenters. The molecule has 0 aromatic heterocycles. The van der Waals surface area contributed by atoms with Crippen LogP contribution in [0.3, 0.4) is 0 Å². The maximum Gasteiger partial charge on any atom is 0.0308 e. The summed E-state index contributed by atoms with van der Waals surface area (Å²) in [6.45, 7) is 9.57. The van der Waals surface area contributed by atoms with E-state index in [1.807, 2.05) is 7.05 Å². The van der Waals surface area contributed by atoms with Gasteiger partial charge in [-0.05, 0) is 57.0 Å². The van der Waals surface area contributed by atoms with Crippen LogP contribution in [0.2, 0.25) is 0 Å². The molecule has 16 heavy (non-hydrogen) atoms. The molecule has 0 aliphatic rings. The Labute approximate surface area is 99.3 Å². The van der Waals surface area contributed by atoms with E-state index in [4.69, 9.17) is 0 Å². The van der Waals surface area contributed by atoms with Gasteiger partial charge in [0.25, 0.3) is 0 Å². The standard InChI is InChI=1S/C15H21N/c1-11-10-12(2)14(4)15(13(11)3)8-6-7-9-16-5/h10,16H,7,9H2,1-5H3. The molecule has 1 aromatic rings. The van der Waals surface area contributed by atoms with Gasteiger partial charge in [-0.3, -0.25) is 0 Å². The smallest absolute Gasteiger partial charge is 0.0308 e. The third-order valence-corrected chi connectivity index (χ3v) is 3.08. The van der Waals surface area contributed by atoms with Gasteiger partial charge in [-0.15, -0.1) is 0 Å². The predicted octanol–water partition coefficient (Wildman–Crippen LogP) is 2.88. The van der Waals surface area contributed by atoms with Crippen molar-refractivity contribution in [3.63, 3.8) is 0 Å². The zero-order valence-corrected chi connectivity index (χ0v) is 11.0. The van der Waals surface area contributed by atoms with Crippen LogP contribution in [0.1, 0.15) is 34.2 Å². The van der Waals surface area contributed by atoms with Crippen LogP contribution in [0.5, 0.6) is 0 Å². The number of aryl methyl sites for hydroxylation is 2. The second-order valence-corrected chi connectivity index (χ2v) is 4.29. The normalized spacial score (nSPS) is 9.81. The molecule has 0 saturated heterocycles. The minimum Gasteiger partial charge on any atom is -0.319 e. The highest BCUT2D eigenvalue weighted by Crippen LogP contribution is 2.20. The van der Waals surface area contributed by atoms with Crippen LogP contribution in [-0.4, -0.2) is 13.6 Å². The molecular weight excluding hydrogens is 194 g/mol. The first-order valence-corrected chi connectivity index (χ1v) is 5.78. The van der Waals surface area contributed by atoms with Crippen LogP contribution in [0, 0.1) is 39.5 Å². The van der Waals surface area contributed by atoms with E-state index in [1.54, 1.807) is 0 Å². The van der Waals surface area contributed by atoms with Gasteiger partial charge in [0.1, 0.15) is 0 Å². The van der Waals surface area contributed by atoms with Crippen molar-refractivity contribution < 1.29 is 0 Å². The molecule has 0 spiro atoms. The summed E-state index contributed by atoms with van der Waals surface area (Å²) in [6.07, 6.45) is 0.905. The lowest BCUT2D eigenvalue weighted by atomic mass is 9.94. The molecule has 1 aromatic carbocycles. The van der Waals surface area contributed by atoms with E-state index in [0.29, 0.717) is 0 Å². The fourth-order valence-electron chi connectivity index (χ4n) is 1.74. The van der Waals surface area contributed by atoms with Gasteiger partial charge in [-0.1, -0.05) is 17.9 Å². The molecular formula is C15H21N. The summed E-state index contributed by atoms with van der Waals surface area (Å²) in [5.41, 5.74) is 6.52. The zero-order chi connectivity index (χ0) is 12.1. The summed E-state index contributed by atoms with van der Waals surface area (Å²) in [7, 11) is 1.95. The topological polar surface area (TPSA) is 12.0 Å². The van der Waals surface area contributed by atoms with Gasteiger partial charge in [0.2, 0.25) is 0 Å². The molecule has 0 fully saturated rings. The van der Waals surface area contributed by atoms with E-state index < -0.39 is 0 Å². The molecule has 1 heteroatoms. The van der Waals surface area contributed by atoms with Crippen LogP contribution in [0.25, 0.3) is 0 Å². The molecule has 0 aliphatic heterocycles. The summed E-state index contributed by atoms with van der Waals surface area (Å²) in [4.78, 5) is 0. The first-order chi connectivity index (χ1) is 7.57. The Balaban J connectivity index is 3.06. The second-order valence-electron chi connectivity index (χ2n) is 4.29. The Hall–Kier alpha value is -1.26. The second kappa shape index (κ2) is 5.72. The van der Waals surface area contributed by atoms with Crippen molar-refractivity contribution in [1.29, 1.82) is 0 Å². The molecule has 0 aliphatic carbocycles. The first kappa shape index (κ1) is 12.8. The number of rotatable bonds is 2. The van der Waals surface area contributed by atoms with Gasteiger partial charge >= 0.3 is 0 Å². The molecule has 0 heterocycles. The summed E-state index contributed by atoms with van der Waals surface area (Å²) >= 11 is 0. The minimum absolute atomic E-state index is 0.905. The summed E-state index contributed by atoms with van der Waals surface area (Å²) in [5, 5.41) is 3.10. The fourth-order valence-corrected chi connectivity index (χ4v) is 1.74. The SMILES string of the molecule is CNCCC#Cc1c(C)c(C)cc(C)c1C. The van der Waals surface area contributed by atoms with Crippen molar-refractivity contribution >= 4 is 0 Å². The number of hydrogen-bond acceptors (Lipinski definition) is 1. The van der Waals surface area contributed by atoms with E-state index >= 15 is 0 Å². The van der Waals surface area contributed by atoms with Crippen LogP contribution in [0.15, 0.2) is 6.07 Å². The third-order valence-electron chi connectivity index (χ3n) is 3.08. The summed E-state index contributed by atoms with van der Waals surface area (Å²) in [6, 6.07) is 2.24. The lowest BCUT2D eigenvalue weighted by Gasteiger charge is -2.10. The largest absolute Gasteiger partial charge is 0.319 e. The Morgan fingerprint density at radius 3 is 2.12 bits per heavy atom. The van der Waals surface area contributed by atoms with Crippen LogP contribution >= 0.6 is 0 Å². The van der Waals surface area contributed by atoms with Crippen molar-refractivity contribution in [2.75, 3.05) is 13.6 Å². The highest BCUT2D eigenvalue weighted by Gasteiger charge is 2.05. The Kier molecular flexibility index (Phi) is 4.58. The summed E-state index contributed by atoms with van der Waals surface area (Å²) < 4.78 is 0. The van der Waals surface area contributed by atoms with Crippen molar-refractivity contribution in [2.24, 2.45) is 0 Å². The summed E-state index contributed by atoms with van der Waals surface area (Å²) in [5.74, 6) is 6.53. The van der Waals surface area contributed by atoms with Crippen LogP contribution < -0.4 is 5.32 Å². The number of benzene rings is 1. The average molecular weight is 215 g/mol. The molecule has 86 valence electrons. The van der Waals surface area contributed by atoms with Gasteiger partial charge in [-0.2, -0.15) is 0 Å². The van der Waals surface area contributed by atoms with Gasteiger partial charge < -0.3 is 5.32 Å². The van der Waals surface area contributed by atoms with E-state index in [-0.39, 0.29) is 0 Å². The lowest BCUT2D eigenvalue weighted by molar-refractivity contribution is 0.818. The van der Waals surface area contributed by atoms with E-state index in [9.17, 15) is 0 Å². The highest BCUT2D eigenvalue weighted by molar-refractivity contribution is 5.52. The van der Waals surface area contributed by atoms with Crippen LogP contribution in [-0.2, 0) is 0 Å². The third kappa shape index (κ3) is 2.87. The first-order valence-electron chi connectivity index (χ1n) is 5.78.